The minimum atomic E-state index is -0.438. The van der Waals surface area contributed by atoms with Gasteiger partial charge in [-0.15, -0.1) is 11.3 Å². The third kappa shape index (κ3) is 4.95. The standard InChI is InChI=1S/C19H19N3O4S/c1-12(15-9-13-5-2-3-6-14(13)26-15)22-18(24)11-20-17(23)10-21-19(25)16-7-4-8-27-16/h2-9,12H,10-11H2,1H3,(H,20,23)(H,21,25)(H,22,24)/t12-/m1/s1. The molecule has 140 valence electrons. The van der Waals surface area contributed by atoms with Gasteiger partial charge in [0.15, 0.2) is 0 Å². The molecule has 7 nitrogen and oxygen atoms in total. The van der Waals surface area contributed by atoms with Crippen LogP contribution in [-0.4, -0.2) is 30.8 Å². The minimum Gasteiger partial charge on any atom is -0.459 e. The Morgan fingerprint density at radius 2 is 1.81 bits per heavy atom. The van der Waals surface area contributed by atoms with Crippen molar-refractivity contribution >= 4 is 40.0 Å². The Morgan fingerprint density at radius 3 is 2.56 bits per heavy atom. The van der Waals surface area contributed by atoms with Crippen LogP contribution in [0.25, 0.3) is 11.0 Å². The van der Waals surface area contributed by atoms with Crippen LogP contribution in [0.3, 0.4) is 0 Å². The van der Waals surface area contributed by atoms with Crippen LogP contribution in [0.4, 0.5) is 0 Å². The van der Waals surface area contributed by atoms with Crippen molar-refractivity contribution in [1.29, 1.82) is 0 Å². The van der Waals surface area contributed by atoms with Gasteiger partial charge in [0, 0.05) is 5.39 Å². The maximum absolute atomic E-state index is 12.0. The van der Waals surface area contributed by atoms with Crippen LogP contribution < -0.4 is 16.0 Å². The van der Waals surface area contributed by atoms with Gasteiger partial charge in [-0.1, -0.05) is 24.3 Å². The number of carbonyl (C=O) groups is 3. The molecule has 3 amide bonds. The quantitative estimate of drug-likeness (QED) is 0.580. The van der Waals surface area contributed by atoms with E-state index in [1.165, 1.54) is 11.3 Å². The van der Waals surface area contributed by atoms with Gasteiger partial charge in [-0.2, -0.15) is 0 Å². The summed E-state index contributed by atoms with van der Waals surface area (Å²) in [5, 5.41) is 10.5. The van der Waals surface area contributed by atoms with E-state index >= 15 is 0 Å². The summed E-state index contributed by atoms with van der Waals surface area (Å²) in [6.45, 7) is 1.43. The maximum atomic E-state index is 12.0. The lowest BCUT2D eigenvalue weighted by molar-refractivity contribution is -0.125. The fourth-order valence-electron chi connectivity index (χ4n) is 2.48. The molecule has 0 saturated carbocycles. The Kier molecular flexibility index (Phi) is 5.87. The molecule has 0 aliphatic carbocycles. The summed E-state index contributed by atoms with van der Waals surface area (Å²) in [7, 11) is 0. The fourth-order valence-corrected chi connectivity index (χ4v) is 3.12. The van der Waals surface area contributed by atoms with Crippen LogP contribution in [-0.2, 0) is 9.59 Å². The summed E-state index contributed by atoms with van der Waals surface area (Å²) in [5.41, 5.74) is 0.753. The van der Waals surface area contributed by atoms with Gasteiger partial charge in [0.05, 0.1) is 24.0 Å². The molecule has 3 N–H and O–H groups in total. The van der Waals surface area contributed by atoms with Gasteiger partial charge in [0.2, 0.25) is 11.8 Å². The first kappa shape index (κ1) is 18.7. The molecule has 0 unspecified atom stereocenters. The lowest BCUT2D eigenvalue weighted by Crippen LogP contribution is -2.42. The molecule has 3 rings (SSSR count). The second-order valence-corrected chi connectivity index (χ2v) is 6.86. The number of thiophene rings is 1. The lowest BCUT2D eigenvalue weighted by Gasteiger charge is -2.12. The average Bonchev–Trinajstić information content (AvgIpc) is 3.33. The normalized spacial score (nSPS) is 11.7. The average molecular weight is 385 g/mol. The summed E-state index contributed by atoms with van der Waals surface area (Å²) in [6, 6.07) is 12.6. The number of amides is 3. The molecule has 1 aromatic carbocycles. The Labute approximate surface area is 159 Å². The molecule has 0 fully saturated rings. The van der Waals surface area contributed by atoms with Crippen molar-refractivity contribution in [2.75, 3.05) is 13.1 Å². The van der Waals surface area contributed by atoms with Crippen molar-refractivity contribution in [1.82, 2.24) is 16.0 Å². The molecular weight excluding hydrogens is 366 g/mol. The van der Waals surface area contributed by atoms with Gasteiger partial charge >= 0.3 is 0 Å². The number of fused-ring (bicyclic) bond motifs is 1. The molecule has 27 heavy (non-hydrogen) atoms. The predicted octanol–water partition coefficient (Wildman–Crippen LogP) is 2.22. The van der Waals surface area contributed by atoms with E-state index in [-0.39, 0.29) is 30.9 Å². The molecule has 8 heteroatoms. The van der Waals surface area contributed by atoms with Crippen molar-refractivity contribution in [2.24, 2.45) is 0 Å². The van der Waals surface area contributed by atoms with E-state index in [4.69, 9.17) is 4.42 Å². The van der Waals surface area contributed by atoms with E-state index in [1.54, 1.807) is 24.4 Å². The Balaban J connectivity index is 1.42. The van der Waals surface area contributed by atoms with Gasteiger partial charge in [0.1, 0.15) is 11.3 Å². The van der Waals surface area contributed by atoms with Gasteiger partial charge in [0.25, 0.3) is 5.91 Å². The number of benzene rings is 1. The highest BCUT2D eigenvalue weighted by Gasteiger charge is 2.15. The van der Waals surface area contributed by atoms with E-state index in [2.05, 4.69) is 16.0 Å². The minimum absolute atomic E-state index is 0.182. The molecule has 2 aromatic heterocycles. The number of furan rings is 1. The summed E-state index contributed by atoms with van der Waals surface area (Å²) >= 11 is 1.29. The molecule has 3 aromatic rings. The fraction of sp³-hybridized carbons (Fsp3) is 0.211. The third-order valence-electron chi connectivity index (χ3n) is 3.85. The van der Waals surface area contributed by atoms with Gasteiger partial charge in [-0.05, 0) is 30.5 Å². The Morgan fingerprint density at radius 1 is 1.04 bits per heavy atom. The zero-order chi connectivity index (χ0) is 19.2. The molecule has 0 aliphatic rings. The highest BCUT2D eigenvalue weighted by atomic mass is 32.1. The monoisotopic (exact) mass is 385 g/mol. The molecule has 0 saturated heterocycles. The molecule has 1 atom stereocenters. The number of rotatable bonds is 7. The summed E-state index contributed by atoms with van der Waals surface area (Å²) in [4.78, 5) is 36.1. The van der Waals surface area contributed by atoms with Crippen molar-refractivity contribution in [3.05, 3.63) is 58.5 Å². The summed E-state index contributed by atoms with van der Waals surface area (Å²) in [5.74, 6) is -0.463. The van der Waals surface area contributed by atoms with Crippen LogP contribution in [0.15, 0.2) is 52.3 Å². The topological polar surface area (TPSA) is 100 Å². The molecular formula is C19H19N3O4S. The van der Waals surface area contributed by atoms with Gasteiger partial charge < -0.3 is 20.4 Å². The number of hydrogen-bond donors (Lipinski definition) is 3. The smallest absolute Gasteiger partial charge is 0.261 e. The van der Waals surface area contributed by atoms with Crippen LogP contribution >= 0.6 is 11.3 Å². The van der Waals surface area contributed by atoms with Crippen molar-refractivity contribution < 1.29 is 18.8 Å². The van der Waals surface area contributed by atoms with Gasteiger partial charge in [-0.3, -0.25) is 14.4 Å². The number of hydrogen-bond acceptors (Lipinski definition) is 5. The van der Waals surface area contributed by atoms with Crippen molar-refractivity contribution in [2.45, 2.75) is 13.0 Å². The van der Waals surface area contributed by atoms with Crippen LogP contribution in [0.2, 0.25) is 0 Å². The van der Waals surface area contributed by atoms with Crippen molar-refractivity contribution in [3.63, 3.8) is 0 Å². The zero-order valence-electron chi connectivity index (χ0n) is 14.7. The number of carbonyl (C=O) groups excluding carboxylic acids is 3. The molecule has 0 bridgehead atoms. The molecule has 0 spiro atoms. The van der Waals surface area contributed by atoms with E-state index in [0.29, 0.717) is 10.6 Å². The molecule has 0 radical (unpaired) electrons. The van der Waals surface area contributed by atoms with Gasteiger partial charge in [-0.25, -0.2) is 0 Å². The zero-order valence-corrected chi connectivity index (χ0v) is 15.5. The highest BCUT2D eigenvalue weighted by molar-refractivity contribution is 7.12. The largest absolute Gasteiger partial charge is 0.459 e. The van der Waals surface area contributed by atoms with E-state index < -0.39 is 5.91 Å². The van der Waals surface area contributed by atoms with E-state index in [9.17, 15) is 14.4 Å². The number of para-hydroxylation sites is 1. The highest BCUT2D eigenvalue weighted by Crippen LogP contribution is 2.23. The lowest BCUT2D eigenvalue weighted by atomic mass is 10.2. The summed E-state index contributed by atoms with van der Waals surface area (Å²) < 4.78 is 5.71. The molecule has 0 aliphatic heterocycles. The second kappa shape index (κ2) is 8.50. The Hall–Kier alpha value is -3.13. The first-order valence-electron chi connectivity index (χ1n) is 8.39. The first-order valence-corrected chi connectivity index (χ1v) is 9.27. The predicted molar refractivity (Wildman–Crippen MR) is 102 cm³/mol. The van der Waals surface area contributed by atoms with Crippen LogP contribution in [0.5, 0.6) is 0 Å². The first-order chi connectivity index (χ1) is 13.0. The number of nitrogens with one attached hydrogen (secondary N) is 3. The third-order valence-corrected chi connectivity index (χ3v) is 4.72. The second-order valence-electron chi connectivity index (χ2n) is 5.91. The Bertz CT molecular complexity index is 916. The maximum Gasteiger partial charge on any atom is 0.261 e. The van der Waals surface area contributed by atoms with E-state index in [1.807, 2.05) is 30.3 Å². The van der Waals surface area contributed by atoms with Crippen molar-refractivity contribution in [3.8, 4) is 0 Å². The molecule has 2 heterocycles. The SMILES string of the molecule is C[C@@H](NC(=O)CNC(=O)CNC(=O)c1cccs1)c1cc2ccccc2o1. The summed E-state index contributed by atoms with van der Waals surface area (Å²) in [6.07, 6.45) is 0. The van der Waals surface area contributed by atoms with Crippen LogP contribution in [0, 0.1) is 0 Å². The van der Waals surface area contributed by atoms with Crippen LogP contribution in [0.1, 0.15) is 28.4 Å². The van der Waals surface area contributed by atoms with E-state index in [0.717, 1.165) is 11.0 Å².